The first kappa shape index (κ1) is 24.0. The average molecular weight is 516 g/mol. The number of para-hydroxylation sites is 1. The Bertz CT molecular complexity index is 1570. The zero-order valence-corrected chi connectivity index (χ0v) is 21.0. The molecule has 0 aliphatic rings. The number of sulfonamides is 1. The van der Waals surface area contributed by atoms with E-state index in [9.17, 15) is 18.0 Å². The van der Waals surface area contributed by atoms with Crippen LogP contribution in [0.2, 0.25) is 5.02 Å². The third kappa shape index (κ3) is 4.72. The molecule has 0 spiro atoms. The fourth-order valence-electron chi connectivity index (χ4n) is 3.54. The fourth-order valence-corrected chi connectivity index (χ4v) is 6.25. The van der Waals surface area contributed by atoms with Gasteiger partial charge in [-0.3, -0.25) is 18.9 Å². The summed E-state index contributed by atoms with van der Waals surface area (Å²) < 4.78 is 30.9. The second-order valence-corrected chi connectivity index (χ2v) is 11.1. The van der Waals surface area contributed by atoms with Gasteiger partial charge in [-0.25, -0.2) is 8.42 Å². The first-order valence-corrected chi connectivity index (χ1v) is 13.1. The molecular formula is C24H22ClN3O4S2. The van der Waals surface area contributed by atoms with E-state index in [1.54, 1.807) is 54.0 Å². The van der Waals surface area contributed by atoms with Crippen molar-refractivity contribution in [3.63, 3.8) is 0 Å². The van der Waals surface area contributed by atoms with Crippen LogP contribution < -0.4 is 14.9 Å². The van der Waals surface area contributed by atoms with Gasteiger partial charge in [0.2, 0.25) is 0 Å². The van der Waals surface area contributed by atoms with Gasteiger partial charge in [-0.1, -0.05) is 41.1 Å². The molecule has 7 nitrogen and oxygen atoms in total. The summed E-state index contributed by atoms with van der Waals surface area (Å²) >= 11 is 7.28. The number of amides is 1. The molecule has 2 N–H and O–H groups in total. The smallest absolute Gasteiger partial charge is 0.308 e. The Morgan fingerprint density at radius 1 is 1.06 bits per heavy atom. The molecule has 34 heavy (non-hydrogen) atoms. The number of thiazole rings is 1. The number of rotatable bonds is 6. The van der Waals surface area contributed by atoms with Gasteiger partial charge >= 0.3 is 4.87 Å². The van der Waals surface area contributed by atoms with Crippen LogP contribution in [0.1, 0.15) is 35.8 Å². The number of nitrogens with one attached hydrogen (secondary N) is 2. The molecule has 0 atom stereocenters. The van der Waals surface area contributed by atoms with Crippen molar-refractivity contribution in [1.82, 2.24) is 4.57 Å². The number of benzene rings is 3. The van der Waals surface area contributed by atoms with Crippen molar-refractivity contribution in [2.24, 2.45) is 0 Å². The zero-order valence-electron chi connectivity index (χ0n) is 18.6. The van der Waals surface area contributed by atoms with Crippen molar-refractivity contribution in [2.75, 3.05) is 10.0 Å². The van der Waals surface area contributed by atoms with Crippen molar-refractivity contribution < 1.29 is 13.2 Å². The Balaban J connectivity index is 1.62. The van der Waals surface area contributed by atoms with Crippen molar-refractivity contribution in [3.8, 4) is 0 Å². The third-order valence-electron chi connectivity index (χ3n) is 5.26. The molecule has 0 saturated carbocycles. The van der Waals surface area contributed by atoms with E-state index in [2.05, 4.69) is 10.0 Å². The molecule has 0 radical (unpaired) electrons. The number of aryl methyl sites for hydroxylation is 1. The van der Waals surface area contributed by atoms with E-state index in [1.807, 2.05) is 13.8 Å². The van der Waals surface area contributed by atoms with Crippen LogP contribution in [0.4, 0.5) is 11.4 Å². The molecule has 0 unspecified atom stereocenters. The SMILES string of the molecule is Cc1ccccc1NS(=O)(=O)c1cc(C(=O)Nc2ccc3c(c2)sc(=O)n3C(C)C)ccc1Cl. The lowest BCUT2D eigenvalue weighted by atomic mass is 10.2. The molecule has 0 aliphatic carbocycles. The number of fused-ring (bicyclic) bond motifs is 1. The normalized spacial score (nSPS) is 11.7. The molecular weight excluding hydrogens is 494 g/mol. The third-order valence-corrected chi connectivity index (χ3v) is 8.03. The number of nitrogens with zero attached hydrogens (tertiary/aromatic N) is 1. The monoisotopic (exact) mass is 515 g/mol. The summed E-state index contributed by atoms with van der Waals surface area (Å²) in [5.74, 6) is -0.501. The van der Waals surface area contributed by atoms with Gasteiger partial charge in [-0.2, -0.15) is 0 Å². The minimum Gasteiger partial charge on any atom is -0.322 e. The standard InChI is InChI=1S/C24H22ClN3O4S2/c1-14(2)28-20-11-9-17(13-21(20)33-24(28)30)26-23(29)16-8-10-18(25)22(12-16)34(31,32)27-19-7-5-4-6-15(19)3/h4-14,27H,1-3H3,(H,26,29). The topological polar surface area (TPSA) is 97.3 Å². The Hall–Kier alpha value is -3.14. The highest BCUT2D eigenvalue weighted by molar-refractivity contribution is 7.92. The number of aromatic nitrogens is 1. The maximum absolute atomic E-state index is 13.0. The zero-order chi connectivity index (χ0) is 24.6. The predicted octanol–water partition coefficient (Wildman–Crippen LogP) is 5.66. The molecule has 0 bridgehead atoms. The van der Waals surface area contributed by atoms with Crippen LogP contribution in [0.15, 0.2) is 70.4 Å². The molecule has 1 heterocycles. The fraction of sp³-hybridized carbons (Fsp3) is 0.167. The molecule has 1 amide bonds. The van der Waals surface area contributed by atoms with Gasteiger partial charge in [0, 0.05) is 17.3 Å². The minimum atomic E-state index is -4.03. The summed E-state index contributed by atoms with van der Waals surface area (Å²) in [5, 5.41) is 2.76. The molecule has 10 heteroatoms. The van der Waals surface area contributed by atoms with Gasteiger partial charge in [0.25, 0.3) is 15.9 Å². The summed E-state index contributed by atoms with van der Waals surface area (Å²) in [6.07, 6.45) is 0. The maximum Gasteiger partial charge on any atom is 0.308 e. The van der Waals surface area contributed by atoms with Crippen LogP contribution in [-0.4, -0.2) is 18.9 Å². The quantitative estimate of drug-likeness (QED) is 0.346. The van der Waals surface area contributed by atoms with Gasteiger partial charge in [0.05, 0.1) is 20.9 Å². The summed E-state index contributed by atoms with van der Waals surface area (Å²) in [5.41, 5.74) is 2.59. The number of halogens is 1. The molecule has 4 aromatic rings. The van der Waals surface area contributed by atoms with Crippen LogP contribution >= 0.6 is 22.9 Å². The van der Waals surface area contributed by atoms with Crippen molar-refractivity contribution >= 4 is 60.5 Å². The maximum atomic E-state index is 13.0. The molecule has 3 aromatic carbocycles. The van der Waals surface area contributed by atoms with Crippen molar-refractivity contribution in [2.45, 2.75) is 31.7 Å². The van der Waals surface area contributed by atoms with Gasteiger partial charge < -0.3 is 5.32 Å². The molecule has 0 fully saturated rings. The van der Waals surface area contributed by atoms with E-state index in [1.165, 1.54) is 18.2 Å². The lowest BCUT2D eigenvalue weighted by molar-refractivity contribution is 0.102. The van der Waals surface area contributed by atoms with E-state index in [4.69, 9.17) is 11.6 Å². The lowest BCUT2D eigenvalue weighted by Crippen LogP contribution is -2.17. The van der Waals surface area contributed by atoms with Crippen LogP contribution in [0.5, 0.6) is 0 Å². The van der Waals surface area contributed by atoms with Crippen LogP contribution in [0.25, 0.3) is 10.2 Å². The van der Waals surface area contributed by atoms with E-state index in [0.29, 0.717) is 11.4 Å². The highest BCUT2D eigenvalue weighted by Crippen LogP contribution is 2.28. The van der Waals surface area contributed by atoms with Gasteiger partial charge in [0.15, 0.2) is 0 Å². The van der Waals surface area contributed by atoms with Crippen LogP contribution in [0, 0.1) is 6.92 Å². The average Bonchev–Trinajstić information content (AvgIpc) is 3.10. The molecule has 1 aromatic heterocycles. The molecule has 0 saturated heterocycles. The number of anilines is 2. The van der Waals surface area contributed by atoms with Gasteiger partial charge in [-0.15, -0.1) is 0 Å². The summed E-state index contributed by atoms with van der Waals surface area (Å²) in [7, 11) is -4.03. The number of carbonyl (C=O) groups excluding carboxylic acids is 1. The largest absolute Gasteiger partial charge is 0.322 e. The Kier molecular flexibility index (Phi) is 6.53. The summed E-state index contributed by atoms with van der Waals surface area (Å²) in [6.45, 7) is 5.65. The van der Waals surface area contributed by atoms with E-state index >= 15 is 0 Å². The molecule has 176 valence electrons. The van der Waals surface area contributed by atoms with Gasteiger partial charge in [0.1, 0.15) is 4.90 Å². The Labute approximate surface area is 206 Å². The van der Waals surface area contributed by atoms with Crippen molar-refractivity contribution in [3.05, 3.63) is 86.5 Å². The number of carbonyl (C=O) groups is 1. The first-order chi connectivity index (χ1) is 16.1. The second kappa shape index (κ2) is 9.25. The summed E-state index contributed by atoms with van der Waals surface area (Å²) in [6, 6.07) is 16.3. The van der Waals surface area contributed by atoms with E-state index in [-0.39, 0.29) is 26.4 Å². The summed E-state index contributed by atoms with van der Waals surface area (Å²) in [4.78, 5) is 24.9. The van der Waals surface area contributed by atoms with E-state index in [0.717, 1.165) is 27.1 Å². The van der Waals surface area contributed by atoms with E-state index < -0.39 is 15.9 Å². The Morgan fingerprint density at radius 3 is 2.50 bits per heavy atom. The first-order valence-electron chi connectivity index (χ1n) is 10.4. The number of hydrogen-bond acceptors (Lipinski definition) is 5. The Morgan fingerprint density at radius 2 is 1.79 bits per heavy atom. The predicted molar refractivity (Wildman–Crippen MR) is 138 cm³/mol. The van der Waals surface area contributed by atoms with Crippen LogP contribution in [0.3, 0.4) is 0 Å². The second-order valence-electron chi connectivity index (χ2n) is 8.03. The van der Waals surface area contributed by atoms with Gasteiger partial charge in [-0.05, 0) is 68.8 Å². The van der Waals surface area contributed by atoms with Crippen LogP contribution in [-0.2, 0) is 10.0 Å². The van der Waals surface area contributed by atoms with Crippen molar-refractivity contribution in [1.29, 1.82) is 0 Å². The number of hydrogen-bond donors (Lipinski definition) is 2. The minimum absolute atomic E-state index is 0.00106. The highest BCUT2D eigenvalue weighted by Gasteiger charge is 2.21. The molecule has 4 rings (SSSR count). The lowest BCUT2D eigenvalue weighted by Gasteiger charge is -2.13. The molecule has 0 aliphatic heterocycles. The highest BCUT2D eigenvalue weighted by atomic mass is 35.5.